The van der Waals surface area contributed by atoms with E-state index in [-0.39, 0.29) is 91.2 Å². The van der Waals surface area contributed by atoms with Gasteiger partial charge in [0.15, 0.2) is 0 Å². The minimum atomic E-state index is -4.27. The highest BCUT2D eigenvalue weighted by Gasteiger charge is 2.37. The Morgan fingerprint density at radius 3 is 1.42 bits per heavy atom. The topological polar surface area (TPSA) is 329 Å². The van der Waals surface area contributed by atoms with Crippen molar-refractivity contribution in [3.05, 3.63) is 176 Å². The van der Waals surface area contributed by atoms with Crippen molar-refractivity contribution in [2.24, 2.45) is 17.6 Å². The summed E-state index contributed by atoms with van der Waals surface area (Å²) >= 11 is 0. The van der Waals surface area contributed by atoms with Gasteiger partial charge in [0, 0.05) is 56.7 Å². The molecule has 0 bridgehead atoms. The number of nitro groups is 2. The molecule has 2 saturated heterocycles. The lowest BCUT2D eigenvalue weighted by atomic mass is 10.0. The summed E-state index contributed by atoms with van der Waals surface area (Å²) in [7, 11) is -8.37. The number of hydrogen-bond acceptors (Lipinski definition) is 18. The molecule has 86 heavy (non-hydrogen) atoms. The Bertz CT molecular complexity index is 3210. The molecule has 2 aliphatic heterocycles. The molecular formula is C60H77N7O17S2. The Morgan fingerprint density at radius 1 is 0.605 bits per heavy atom. The molecule has 2 fully saturated rings. The number of nitrogens with zero attached hydrogens (tertiary/aromatic N) is 4. The average Bonchev–Trinajstić information content (AvgIpc) is 1.84. The molecule has 26 heteroatoms. The van der Waals surface area contributed by atoms with E-state index >= 15 is 0 Å². The van der Waals surface area contributed by atoms with E-state index in [4.69, 9.17) is 29.4 Å². The highest BCUT2D eigenvalue weighted by Crippen LogP contribution is 2.25. The highest BCUT2D eigenvalue weighted by molar-refractivity contribution is 7.89. The fourth-order valence-electron chi connectivity index (χ4n) is 9.40. The molecule has 24 nitrogen and oxygen atoms in total. The summed E-state index contributed by atoms with van der Waals surface area (Å²) in [6.45, 7) is 10.2. The monoisotopic (exact) mass is 1230 g/mol. The standard InChI is InChI=1S/C35H44N4O9S.C25H33N3O8S/c1-24(2)21-38(49(44,45)30-15-13-28(14-16-30)39(42)43)22-33(48-34(40)31(36)19-27-11-9-25(3)10-12-27)32(20-26-7-5-4-6-8-26)37-35(41)47-29-17-18-46-23-29;1-18(2)15-27(37(33,34)22-10-8-20(9-11-22)28(31)32)16-24(29)23(14-19-6-4-3-5-7-19)26-25(30)36-21-12-13-35-17-21/h4-16,24,29,31-33H,17-23,36H2,1-3H3,(H,37,41);3-11,18,21,23-24,29H,12-17H2,1-2H3,(H,26,30)/t29?,31?,32-,33?;21?,23-,24?/m00/s1. The van der Waals surface area contributed by atoms with Gasteiger partial charge in [-0.2, -0.15) is 8.61 Å². The van der Waals surface area contributed by atoms with Gasteiger partial charge in [0.1, 0.15) is 24.4 Å². The fourth-order valence-corrected chi connectivity index (χ4v) is 12.6. The van der Waals surface area contributed by atoms with E-state index in [1.807, 2.05) is 120 Å². The molecule has 7 atom stereocenters. The number of sulfonamides is 2. The fraction of sp³-hybridized carbons (Fsp3) is 0.450. The molecule has 5 N–H and O–H groups in total. The number of carbonyl (C=O) groups is 3. The van der Waals surface area contributed by atoms with Crippen molar-refractivity contribution in [2.75, 3.05) is 52.6 Å². The van der Waals surface area contributed by atoms with E-state index in [9.17, 15) is 56.6 Å². The number of aliphatic hydroxyl groups is 1. The molecule has 5 aromatic carbocycles. The predicted molar refractivity (Wildman–Crippen MR) is 318 cm³/mol. The van der Waals surface area contributed by atoms with E-state index in [1.54, 1.807) is 0 Å². The predicted octanol–water partition coefficient (Wildman–Crippen LogP) is 6.89. The van der Waals surface area contributed by atoms with Crippen LogP contribution in [-0.4, -0.2) is 154 Å². The summed E-state index contributed by atoms with van der Waals surface area (Å²) < 4.78 is 84.9. The molecule has 2 aliphatic rings. The first-order valence-corrected chi connectivity index (χ1v) is 31.1. The smallest absolute Gasteiger partial charge is 0.407 e. The van der Waals surface area contributed by atoms with Crippen LogP contribution in [0.2, 0.25) is 0 Å². The number of aliphatic hydroxyl groups excluding tert-OH is 1. The van der Waals surface area contributed by atoms with Crippen molar-refractivity contribution in [3.8, 4) is 0 Å². The van der Waals surface area contributed by atoms with Crippen molar-refractivity contribution in [1.29, 1.82) is 0 Å². The number of rotatable bonds is 28. The number of non-ortho nitro benzene ring substituents is 2. The number of aryl methyl sites for hydroxylation is 1. The van der Waals surface area contributed by atoms with Crippen LogP contribution in [0.1, 0.15) is 62.8 Å². The van der Waals surface area contributed by atoms with Gasteiger partial charge >= 0.3 is 18.2 Å². The number of esters is 1. The molecule has 466 valence electrons. The van der Waals surface area contributed by atoms with Gasteiger partial charge in [0.05, 0.1) is 70.8 Å². The lowest BCUT2D eigenvalue weighted by Crippen LogP contribution is -2.54. The Kier molecular flexibility index (Phi) is 25.5. The summed E-state index contributed by atoms with van der Waals surface area (Å²) in [4.78, 5) is 60.1. The highest BCUT2D eigenvalue weighted by atomic mass is 32.2. The zero-order chi connectivity index (χ0) is 62.6. The molecule has 5 aromatic rings. The van der Waals surface area contributed by atoms with Crippen LogP contribution in [0.25, 0.3) is 0 Å². The minimum Gasteiger partial charge on any atom is -0.458 e. The summed E-state index contributed by atoms with van der Waals surface area (Å²) in [5.41, 5.74) is 9.33. The number of nitrogens with two attached hydrogens (primary N) is 1. The van der Waals surface area contributed by atoms with Crippen molar-refractivity contribution < 1.29 is 69.9 Å². The lowest BCUT2D eigenvalue weighted by molar-refractivity contribution is -0.385. The maximum absolute atomic E-state index is 14.1. The first-order valence-electron chi connectivity index (χ1n) is 28.2. The van der Waals surface area contributed by atoms with Gasteiger partial charge in [0.2, 0.25) is 20.0 Å². The third kappa shape index (κ3) is 20.9. The lowest BCUT2D eigenvalue weighted by Gasteiger charge is -2.33. The summed E-state index contributed by atoms with van der Waals surface area (Å²) in [6, 6.07) is 32.2. The van der Waals surface area contributed by atoms with Gasteiger partial charge < -0.3 is 45.2 Å². The number of alkyl carbamates (subject to hydrolysis) is 2. The molecule has 7 rings (SSSR count). The second-order valence-electron chi connectivity index (χ2n) is 21.9. The zero-order valence-electron chi connectivity index (χ0n) is 48.8. The van der Waals surface area contributed by atoms with Crippen molar-refractivity contribution in [3.63, 3.8) is 0 Å². The number of nitrogens with one attached hydrogen (secondary N) is 2. The zero-order valence-corrected chi connectivity index (χ0v) is 50.4. The molecular weight excluding hydrogens is 1150 g/mol. The van der Waals surface area contributed by atoms with Crippen molar-refractivity contribution in [1.82, 2.24) is 19.2 Å². The van der Waals surface area contributed by atoms with Gasteiger partial charge in [-0.05, 0) is 79.0 Å². The average molecular weight is 1230 g/mol. The van der Waals surface area contributed by atoms with E-state index < -0.39 is 84.5 Å². The summed E-state index contributed by atoms with van der Waals surface area (Å²) in [6.07, 6.45) is -3.15. The molecule has 0 spiro atoms. The summed E-state index contributed by atoms with van der Waals surface area (Å²) in [5, 5.41) is 38.9. The van der Waals surface area contributed by atoms with E-state index in [0.29, 0.717) is 32.7 Å². The van der Waals surface area contributed by atoms with Crippen LogP contribution in [0.3, 0.4) is 0 Å². The van der Waals surface area contributed by atoms with Gasteiger partial charge in [0.25, 0.3) is 11.4 Å². The van der Waals surface area contributed by atoms with Crippen LogP contribution >= 0.6 is 0 Å². The molecule has 5 unspecified atom stereocenters. The Labute approximate surface area is 501 Å². The van der Waals surface area contributed by atoms with Crippen LogP contribution in [0, 0.1) is 39.0 Å². The first kappa shape index (κ1) is 67.7. The maximum atomic E-state index is 14.1. The number of carbonyl (C=O) groups excluding carboxylic acids is 3. The number of benzene rings is 5. The number of nitro benzene ring substituents is 2. The quantitative estimate of drug-likeness (QED) is 0.0171. The molecule has 0 aromatic heterocycles. The van der Waals surface area contributed by atoms with Crippen LogP contribution in [0.4, 0.5) is 21.0 Å². The van der Waals surface area contributed by atoms with Crippen LogP contribution in [0.5, 0.6) is 0 Å². The van der Waals surface area contributed by atoms with Crippen LogP contribution in [-0.2, 0) is 67.8 Å². The largest absolute Gasteiger partial charge is 0.458 e. The Morgan fingerprint density at radius 2 is 1.01 bits per heavy atom. The molecule has 2 heterocycles. The van der Waals surface area contributed by atoms with Crippen molar-refractivity contribution >= 4 is 49.6 Å². The number of ether oxygens (including phenoxy) is 5. The van der Waals surface area contributed by atoms with Gasteiger partial charge in [-0.1, -0.05) is 118 Å². The van der Waals surface area contributed by atoms with Crippen LogP contribution in [0.15, 0.2) is 143 Å². The first-order chi connectivity index (χ1) is 40.9. The second kappa shape index (κ2) is 32.3. The van der Waals surface area contributed by atoms with Gasteiger partial charge in [-0.15, -0.1) is 0 Å². The van der Waals surface area contributed by atoms with E-state index in [1.165, 1.54) is 24.3 Å². The van der Waals surface area contributed by atoms with Gasteiger partial charge in [-0.3, -0.25) is 25.0 Å². The molecule has 0 aliphatic carbocycles. The normalized spacial score (nSPS) is 17.0. The Balaban J connectivity index is 0.000000286. The molecule has 0 saturated carbocycles. The number of amides is 2. The van der Waals surface area contributed by atoms with Gasteiger partial charge in [-0.25, -0.2) is 26.4 Å². The maximum Gasteiger partial charge on any atom is 0.407 e. The third-order valence-electron chi connectivity index (χ3n) is 13.9. The number of hydrogen-bond donors (Lipinski definition) is 4. The van der Waals surface area contributed by atoms with E-state index in [0.717, 1.165) is 55.1 Å². The SMILES string of the molecule is CC(C)CN(CC(O)[C@H](Cc1ccccc1)NC(=O)OC1CCOC1)S(=O)(=O)c1ccc([N+](=O)[O-])cc1.Cc1ccc(CC(N)C(=O)OC(CN(CC(C)C)S(=O)(=O)c2ccc([N+](=O)[O-])cc2)[C@H](Cc2ccccc2)NC(=O)OC2CCOC2)cc1. The van der Waals surface area contributed by atoms with E-state index in [2.05, 4.69) is 10.6 Å². The minimum absolute atomic E-state index is 0.0186. The molecule has 2 amide bonds. The van der Waals surface area contributed by atoms with Crippen molar-refractivity contribution in [2.45, 2.75) is 119 Å². The molecule has 0 radical (unpaired) electrons. The second-order valence-corrected chi connectivity index (χ2v) is 25.8. The Hall–Kier alpha value is -7.43. The summed E-state index contributed by atoms with van der Waals surface area (Å²) in [5.74, 6) is -1.02. The third-order valence-corrected chi connectivity index (χ3v) is 17.6. The van der Waals surface area contributed by atoms with Crippen LogP contribution < -0.4 is 16.4 Å².